The van der Waals surface area contributed by atoms with E-state index in [2.05, 4.69) is 31.3 Å². The third kappa shape index (κ3) is 4.05. The topological polar surface area (TPSA) is 54.6 Å². The molecule has 0 atom stereocenters. The van der Waals surface area contributed by atoms with Gasteiger partial charge in [0.05, 0.1) is 6.21 Å². The largest absolute Gasteiger partial charge is 0.460 e. The van der Waals surface area contributed by atoms with Crippen LogP contribution < -0.4 is 5.43 Å². The summed E-state index contributed by atoms with van der Waals surface area (Å²) in [6, 6.07) is 11.2. The van der Waals surface area contributed by atoms with Crippen LogP contribution in [0.15, 0.2) is 45.9 Å². The third-order valence-corrected chi connectivity index (χ3v) is 3.13. The second-order valence-corrected chi connectivity index (χ2v) is 5.97. The van der Waals surface area contributed by atoms with Crippen LogP contribution in [0.4, 0.5) is 0 Å². The molecule has 110 valence electrons. The van der Waals surface area contributed by atoms with Crippen LogP contribution in [0.25, 0.3) is 0 Å². The molecule has 0 spiro atoms. The number of nitrogens with zero attached hydrogens (tertiary/aromatic N) is 1. The zero-order chi connectivity index (χ0) is 15.5. The van der Waals surface area contributed by atoms with Gasteiger partial charge in [0.25, 0.3) is 5.91 Å². The van der Waals surface area contributed by atoms with Gasteiger partial charge in [-0.15, -0.1) is 0 Å². The van der Waals surface area contributed by atoms with Gasteiger partial charge >= 0.3 is 0 Å². The fraction of sp³-hybridized carbons (Fsp3) is 0.294. The molecule has 1 aromatic carbocycles. The van der Waals surface area contributed by atoms with E-state index in [0.717, 1.165) is 5.76 Å². The van der Waals surface area contributed by atoms with E-state index in [1.54, 1.807) is 6.07 Å². The molecule has 2 rings (SSSR count). The molecule has 1 N–H and O–H groups in total. The number of carbonyl (C=O) groups is 1. The molecule has 4 nitrogen and oxygen atoms in total. The summed E-state index contributed by atoms with van der Waals surface area (Å²) >= 11 is 0. The van der Waals surface area contributed by atoms with Crippen molar-refractivity contribution in [1.82, 2.24) is 5.43 Å². The fourth-order valence-electron chi connectivity index (χ4n) is 1.86. The van der Waals surface area contributed by atoms with Crippen molar-refractivity contribution in [1.29, 1.82) is 0 Å². The predicted molar refractivity (Wildman–Crippen MR) is 83.6 cm³/mol. The highest BCUT2D eigenvalue weighted by atomic mass is 16.3. The number of hydrogen-bond acceptors (Lipinski definition) is 3. The highest BCUT2D eigenvalue weighted by Gasteiger charge is 2.14. The Hall–Kier alpha value is -2.36. The van der Waals surface area contributed by atoms with Crippen LogP contribution in [0, 0.1) is 6.92 Å². The van der Waals surface area contributed by atoms with Gasteiger partial charge in [-0.2, -0.15) is 5.10 Å². The Balaban J connectivity index is 1.99. The number of aryl methyl sites for hydroxylation is 1. The van der Waals surface area contributed by atoms with E-state index in [0.29, 0.717) is 11.3 Å². The van der Waals surface area contributed by atoms with Crippen LogP contribution in [-0.4, -0.2) is 12.1 Å². The maximum atomic E-state index is 11.9. The van der Waals surface area contributed by atoms with Crippen molar-refractivity contribution < 1.29 is 9.21 Å². The third-order valence-electron chi connectivity index (χ3n) is 3.13. The first kappa shape index (κ1) is 15.0. The van der Waals surface area contributed by atoms with E-state index >= 15 is 0 Å². The molecule has 4 heteroatoms. The Morgan fingerprint density at radius 3 is 2.33 bits per heavy atom. The summed E-state index contributed by atoms with van der Waals surface area (Å²) in [6.45, 7) is 8.26. The van der Waals surface area contributed by atoms with Crippen LogP contribution in [0.5, 0.6) is 0 Å². The van der Waals surface area contributed by atoms with Crippen molar-refractivity contribution in [3.63, 3.8) is 0 Å². The molecule has 1 heterocycles. The first-order valence-electron chi connectivity index (χ1n) is 6.86. The number of rotatable bonds is 3. The van der Waals surface area contributed by atoms with Crippen molar-refractivity contribution in [3.8, 4) is 0 Å². The first-order valence-corrected chi connectivity index (χ1v) is 6.86. The maximum Gasteiger partial charge on any atom is 0.271 e. The molecule has 1 amide bonds. The van der Waals surface area contributed by atoms with Gasteiger partial charge < -0.3 is 4.42 Å². The number of carbonyl (C=O) groups excluding carboxylic acids is 1. The number of hydrogen-bond donors (Lipinski definition) is 1. The van der Waals surface area contributed by atoms with Crippen LogP contribution in [0.3, 0.4) is 0 Å². The molecular weight excluding hydrogens is 264 g/mol. The Bertz CT molecular complexity index is 646. The summed E-state index contributed by atoms with van der Waals surface area (Å²) in [5.74, 6) is 1.17. The van der Waals surface area contributed by atoms with Crippen molar-refractivity contribution in [3.05, 3.63) is 59.0 Å². The average molecular weight is 284 g/mol. The van der Waals surface area contributed by atoms with Crippen molar-refractivity contribution >= 4 is 12.1 Å². The van der Waals surface area contributed by atoms with Gasteiger partial charge in [-0.1, -0.05) is 32.9 Å². The minimum absolute atomic E-state index is 0.0737. The minimum Gasteiger partial charge on any atom is -0.460 e. The van der Waals surface area contributed by atoms with Gasteiger partial charge in [-0.25, -0.2) is 5.43 Å². The van der Waals surface area contributed by atoms with Gasteiger partial charge in [-0.05, 0) is 42.2 Å². The highest BCUT2D eigenvalue weighted by Crippen LogP contribution is 2.22. The maximum absolute atomic E-state index is 11.9. The van der Waals surface area contributed by atoms with E-state index in [1.165, 1.54) is 11.8 Å². The molecular formula is C17H20N2O2. The van der Waals surface area contributed by atoms with Gasteiger partial charge in [0.15, 0.2) is 0 Å². The lowest BCUT2D eigenvalue weighted by atomic mass is 9.87. The van der Waals surface area contributed by atoms with Crippen LogP contribution in [0.2, 0.25) is 0 Å². The van der Waals surface area contributed by atoms with E-state index in [1.807, 2.05) is 37.3 Å². The number of furan rings is 1. The Kier molecular flexibility index (Phi) is 4.26. The molecule has 0 aliphatic rings. The normalized spacial score (nSPS) is 11.8. The van der Waals surface area contributed by atoms with Crippen LogP contribution in [0.1, 0.15) is 48.2 Å². The smallest absolute Gasteiger partial charge is 0.271 e. The quantitative estimate of drug-likeness (QED) is 0.691. The van der Waals surface area contributed by atoms with E-state index in [9.17, 15) is 4.79 Å². The lowest BCUT2D eigenvalue weighted by Crippen LogP contribution is -2.18. The van der Waals surface area contributed by atoms with Gasteiger partial charge in [-0.3, -0.25) is 4.79 Å². The number of hydrazone groups is 1. The van der Waals surface area contributed by atoms with Crippen molar-refractivity contribution in [2.24, 2.45) is 5.10 Å². The van der Waals surface area contributed by atoms with Gasteiger partial charge in [0.1, 0.15) is 11.5 Å². The van der Waals surface area contributed by atoms with Gasteiger partial charge in [0.2, 0.25) is 0 Å². The second kappa shape index (κ2) is 5.95. The Morgan fingerprint density at radius 2 is 1.81 bits per heavy atom. The number of nitrogens with one attached hydrogen (secondary N) is 1. The van der Waals surface area contributed by atoms with Crippen molar-refractivity contribution in [2.75, 3.05) is 0 Å². The summed E-state index contributed by atoms with van der Waals surface area (Å²) in [6.07, 6.45) is 1.48. The van der Waals surface area contributed by atoms with Crippen molar-refractivity contribution in [2.45, 2.75) is 33.1 Å². The summed E-state index contributed by atoms with van der Waals surface area (Å²) in [7, 11) is 0. The molecule has 0 unspecified atom stereocenters. The molecule has 0 saturated heterocycles. The molecule has 0 aliphatic heterocycles. The molecule has 0 saturated carbocycles. The molecule has 0 radical (unpaired) electrons. The zero-order valence-corrected chi connectivity index (χ0v) is 12.8. The SMILES string of the molecule is Cc1ccc(/C=N/NC(=O)c2ccc(C(C)(C)C)cc2)o1. The van der Waals surface area contributed by atoms with Crippen LogP contribution >= 0.6 is 0 Å². The molecule has 0 aliphatic carbocycles. The monoisotopic (exact) mass is 284 g/mol. The van der Waals surface area contributed by atoms with E-state index < -0.39 is 0 Å². The summed E-state index contributed by atoms with van der Waals surface area (Å²) in [5.41, 5.74) is 4.33. The summed E-state index contributed by atoms with van der Waals surface area (Å²) in [5, 5.41) is 3.88. The highest BCUT2D eigenvalue weighted by molar-refractivity contribution is 5.94. The molecule has 0 bridgehead atoms. The lowest BCUT2D eigenvalue weighted by molar-refractivity contribution is 0.0955. The first-order chi connectivity index (χ1) is 9.86. The molecule has 21 heavy (non-hydrogen) atoms. The number of benzene rings is 1. The summed E-state index contributed by atoms with van der Waals surface area (Å²) < 4.78 is 5.32. The van der Waals surface area contributed by atoms with E-state index in [-0.39, 0.29) is 11.3 Å². The van der Waals surface area contributed by atoms with Crippen LogP contribution in [-0.2, 0) is 5.41 Å². The summed E-state index contributed by atoms with van der Waals surface area (Å²) in [4.78, 5) is 11.9. The van der Waals surface area contributed by atoms with E-state index in [4.69, 9.17) is 4.42 Å². The number of amides is 1. The predicted octanol–water partition coefficient (Wildman–Crippen LogP) is 3.65. The Labute approximate surface area is 124 Å². The molecule has 2 aromatic rings. The zero-order valence-electron chi connectivity index (χ0n) is 12.8. The lowest BCUT2D eigenvalue weighted by Gasteiger charge is -2.18. The second-order valence-electron chi connectivity index (χ2n) is 5.97. The minimum atomic E-state index is -0.241. The fourth-order valence-corrected chi connectivity index (χ4v) is 1.86. The average Bonchev–Trinajstić information content (AvgIpc) is 2.83. The molecule has 0 fully saturated rings. The Morgan fingerprint density at radius 1 is 1.14 bits per heavy atom. The molecule has 1 aromatic heterocycles. The standard InChI is InChI=1S/C17H20N2O2/c1-12-5-10-15(21-12)11-18-19-16(20)13-6-8-14(9-7-13)17(2,3)4/h5-11H,1-4H3,(H,19,20)/b18-11+. The van der Waals surface area contributed by atoms with Gasteiger partial charge in [0, 0.05) is 5.56 Å².